The van der Waals surface area contributed by atoms with Gasteiger partial charge in [0.05, 0.1) is 23.5 Å². The number of hydrogen-bond acceptors (Lipinski definition) is 8. The largest absolute Gasteiger partial charge is 0.459 e. The monoisotopic (exact) mass is 411 g/mol. The maximum atomic E-state index is 12.9. The molecule has 27 heavy (non-hydrogen) atoms. The van der Waals surface area contributed by atoms with E-state index >= 15 is 0 Å². The molecule has 2 fully saturated rings. The Kier molecular flexibility index (Phi) is 5.27. The number of carbonyl (C=O) groups excluding carboxylic acids is 1. The Hall–Kier alpha value is -1.81. The van der Waals surface area contributed by atoms with Crippen LogP contribution in [-0.2, 0) is 14.6 Å². The number of furan rings is 1. The first-order valence-corrected chi connectivity index (χ1v) is 11.8. The summed E-state index contributed by atoms with van der Waals surface area (Å²) in [4.78, 5) is 14.8. The highest BCUT2D eigenvalue weighted by Crippen LogP contribution is 2.31. The van der Waals surface area contributed by atoms with Crippen LogP contribution in [0.1, 0.15) is 32.1 Å². The fraction of sp³-hybridized carbons (Fsp3) is 0.588. The lowest BCUT2D eigenvalue weighted by molar-refractivity contribution is -0.132. The summed E-state index contributed by atoms with van der Waals surface area (Å²) in [5.74, 6) is 1.06. The van der Waals surface area contributed by atoms with Gasteiger partial charge in [-0.05, 0) is 31.4 Å². The van der Waals surface area contributed by atoms with Crippen LogP contribution in [0.5, 0.6) is 0 Å². The first-order chi connectivity index (χ1) is 13.0. The average molecular weight is 412 g/mol. The van der Waals surface area contributed by atoms with Crippen molar-refractivity contribution in [1.29, 1.82) is 0 Å². The summed E-state index contributed by atoms with van der Waals surface area (Å²) >= 11 is 1.17. The molecule has 2 aromatic rings. The number of carbonyl (C=O) groups is 1. The molecule has 1 saturated heterocycles. The molecule has 4 rings (SSSR count). The van der Waals surface area contributed by atoms with Gasteiger partial charge in [-0.1, -0.05) is 24.6 Å². The van der Waals surface area contributed by atoms with Crippen molar-refractivity contribution >= 4 is 27.5 Å². The second-order valence-corrected chi connectivity index (χ2v) is 10.1. The minimum Gasteiger partial charge on any atom is -0.459 e. The SMILES string of the molecule is O=C(CSc1nnc(-c2ccco2)o1)N(C1CCCC1)C1CCS(=O)(=O)C1. The molecule has 0 radical (unpaired) electrons. The van der Waals surface area contributed by atoms with Crippen molar-refractivity contribution in [2.45, 2.75) is 49.4 Å². The Morgan fingerprint density at radius 2 is 2.04 bits per heavy atom. The molecular formula is C17H21N3O5S2. The Bertz CT molecular complexity index is 888. The van der Waals surface area contributed by atoms with E-state index in [1.807, 2.05) is 4.90 Å². The van der Waals surface area contributed by atoms with Crippen LogP contribution in [-0.4, -0.2) is 58.8 Å². The summed E-state index contributed by atoms with van der Waals surface area (Å²) in [5.41, 5.74) is 0. The first-order valence-electron chi connectivity index (χ1n) is 9.03. The normalized spacial score (nSPS) is 22.3. The molecule has 1 unspecified atom stereocenters. The first kappa shape index (κ1) is 18.5. The fourth-order valence-corrected chi connectivity index (χ4v) is 6.19. The van der Waals surface area contributed by atoms with E-state index in [1.54, 1.807) is 12.1 Å². The molecular weight excluding hydrogens is 390 g/mol. The predicted octanol–water partition coefficient (Wildman–Crippen LogP) is 2.38. The molecule has 0 N–H and O–H groups in total. The highest BCUT2D eigenvalue weighted by atomic mass is 32.2. The van der Waals surface area contributed by atoms with E-state index in [-0.39, 0.29) is 41.1 Å². The quantitative estimate of drug-likeness (QED) is 0.667. The van der Waals surface area contributed by atoms with Crippen LogP contribution in [0.2, 0.25) is 0 Å². The van der Waals surface area contributed by atoms with E-state index in [1.165, 1.54) is 18.0 Å². The molecule has 1 atom stereocenters. The zero-order chi connectivity index (χ0) is 18.9. The van der Waals surface area contributed by atoms with E-state index in [0.29, 0.717) is 17.4 Å². The van der Waals surface area contributed by atoms with Gasteiger partial charge in [-0.15, -0.1) is 10.2 Å². The smallest absolute Gasteiger partial charge is 0.284 e. The number of aromatic nitrogens is 2. The summed E-state index contributed by atoms with van der Waals surface area (Å²) in [6, 6.07) is 3.37. The van der Waals surface area contributed by atoms with Crippen molar-refractivity contribution in [3.63, 3.8) is 0 Å². The van der Waals surface area contributed by atoms with Crippen molar-refractivity contribution in [2.24, 2.45) is 0 Å². The third kappa shape index (κ3) is 4.21. The van der Waals surface area contributed by atoms with Gasteiger partial charge in [-0.25, -0.2) is 8.42 Å². The van der Waals surface area contributed by atoms with Crippen molar-refractivity contribution in [3.8, 4) is 11.7 Å². The highest BCUT2D eigenvalue weighted by Gasteiger charge is 2.39. The Morgan fingerprint density at radius 3 is 2.70 bits per heavy atom. The second kappa shape index (κ2) is 7.67. The molecule has 0 bridgehead atoms. The zero-order valence-corrected chi connectivity index (χ0v) is 16.4. The van der Waals surface area contributed by atoms with Gasteiger partial charge >= 0.3 is 0 Å². The fourth-order valence-electron chi connectivity index (χ4n) is 3.85. The number of amides is 1. The van der Waals surface area contributed by atoms with Crippen LogP contribution in [0.3, 0.4) is 0 Å². The molecule has 2 aromatic heterocycles. The summed E-state index contributed by atoms with van der Waals surface area (Å²) in [6.45, 7) is 0. The summed E-state index contributed by atoms with van der Waals surface area (Å²) in [7, 11) is -3.04. The lowest BCUT2D eigenvalue weighted by atomic mass is 10.1. The molecule has 8 nitrogen and oxygen atoms in total. The third-order valence-corrected chi connectivity index (χ3v) is 7.62. The topological polar surface area (TPSA) is 107 Å². The predicted molar refractivity (Wildman–Crippen MR) is 98.9 cm³/mol. The summed E-state index contributed by atoms with van der Waals surface area (Å²) < 4.78 is 34.5. The van der Waals surface area contributed by atoms with Gasteiger partial charge in [0.2, 0.25) is 5.91 Å². The van der Waals surface area contributed by atoms with Crippen LogP contribution in [0.4, 0.5) is 0 Å². The Labute approximate surface area is 161 Å². The van der Waals surface area contributed by atoms with E-state index in [4.69, 9.17) is 8.83 Å². The zero-order valence-electron chi connectivity index (χ0n) is 14.7. The molecule has 1 aliphatic carbocycles. The van der Waals surface area contributed by atoms with Gasteiger partial charge in [0.1, 0.15) is 0 Å². The van der Waals surface area contributed by atoms with Crippen molar-refractivity contribution < 1.29 is 22.0 Å². The van der Waals surface area contributed by atoms with Crippen LogP contribution in [0, 0.1) is 0 Å². The molecule has 1 amide bonds. The lowest BCUT2D eigenvalue weighted by Gasteiger charge is -2.34. The number of rotatable bonds is 6. The van der Waals surface area contributed by atoms with E-state index in [2.05, 4.69) is 10.2 Å². The Morgan fingerprint density at radius 1 is 1.22 bits per heavy atom. The van der Waals surface area contributed by atoms with Crippen molar-refractivity contribution in [2.75, 3.05) is 17.3 Å². The second-order valence-electron chi connectivity index (χ2n) is 6.94. The molecule has 1 saturated carbocycles. The van der Waals surface area contributed by atoms with Crippen molar-refractivity contribution in [1.82, 2.24) is 15.1 Å². The van der Waals surface area contributed by atoms with Gasteiger partial charge in [0.15, 0.2) is 15.6 Å². The Balaban J connectivity index is 1.42. The molecule has 0 spiro atoms. The summed E-state index contributed by atoms with van der Waals surface area (Å²) in [6.07, 6.45) is 6.09. The average Bonchev–Trinajstić information content (AvgIpc) is 3.41. The van der Waals surface area contributed by atoms with Crippen molar-refractivity contribution in [3.05, 3.63) is 18.4 Å². The summed E-state index contributed by atoms with van der Waals surface area (Å²) in [5, 5.41) is 8.15. The minimum absolute atomic E-state index is 0.0632. The number of hydrogen-bond donors (Lipinski definition) is 0. The van der Waals surface area contributed by atoms with E-state index in [9.17, 15) is 13.2 Å². The van der Waals surface area contributed by atoms with Crippen LogP contribution < -0.4 is 0 Å². The van der Waals surface area contributed by atoms with Gasteiger partial charge in [0, 0.05) is 12.1 Å². The number of sulfone groups is 1. The van der Waals surface area contributed by atoms with Gasteiger partial charge < -0.3 is 13.7 Å². The van der Waals surface area contributed by atoms with Gasteiger partial charge in [0.25, 0.3) is 11.1 Å². The number of thioether (sulfide) groups is 1. The van der Waals surface area contributed by atoms with Crippen LogP contribution in [0.25, 0.3) is 11.7 Å². The maximum Gasteiger partial charge on any atom is 0.284 e. The third-order valence-electron chi connectivity index (χ3n) is 5.07. The van der Waals surface area contributed by atoms with Gasteiger partial charge in [-0.3, -0.25) is 4.79 Å². The highest BCUT2D eigenvalue weighted by molar-refractivity contribution is 7.99. The van der Waals surface area contributed by atoms with Crippen LogP contribution in [0.15, 0.2) is 32.5 Å². The number of nitrogens with zero attached hydrogens (tertiary/aromatic N) is 3. The molecule has 2 aliphatic rings. The molecule has 146 valence electrons. The standard InChI is InChI=1S/C17H21N3O5S2/c21-15(10-26-17-19-18-16(25-17)14-6-3-8-24-14)20(12-4-1-2-5-12)13-7-9-27(22,23)11-13/h3,6,8,12-13H,1-2,4-5,7,9-11H2. The van der Waals surface area contributed by atoms with Gasteiger partial charge in [-0.2, -0.15) is 0 Å². The van der Waals surface area contributed by atoms with E-state index < -0.39 is 9.84 Å². The van der Waals surface area contributed by atoms with E-state index in [0.717, 1.165) is 25.7 Å². The molecule has 3 heterocycles. The molecule has 0 aromatic carbocycles. The lowest BCUT2D eigenvalue weighted by Crippen LogP contribution is -2.47. The minimum atomic E-state index is -3.04. The van der Waals surface area contributed by atoms with Crippen LogP contribution >= 0.6 is 11.8 Å². The molecule has 10 heteroatoms. The molecule has 1 aliphatic heterocycles. The maximum absolute atomic E-state index is 12.9.